The SMILES string of the molecule is COc1cc(-c2c(OC)cccc2OC)cc2c1OCCN(C(C)C)C2. The number of rotatable bonds is 5. The molecule has 0 unspecified atom stereocenters. The predicted octanol–water partition coefficient (Wildman–Crippen LogP) is 3.98. The van der Waals surface area contributed by atoms with E-state index in [-0.39, 0.29) is 0 Å². The van der Waals surface area contributed by atoms with Gasteiger partial charge in [0.15, 0.2) is 11.5 Å². The summed E-state index contributed by atoms with van der Waals surface area (Å²) in [5.74, 6) is 3.09. The molecule has 0 aromatic heterocycles. The zero-order chi connectivity index (χ0) is 18.7. The van der Waals surface area contributed by atoms with Gasteiger partial charge in [-0.2, -0.15) is 0 Å². The van der Waals surface area contributed by atoms with Gasteiger partial charge in [0, 0.05) is 24.7 Å². The molecule has 140 valence electrons. The van der Waals surface area contributed by atoms with Gasteiger partial charge in [0.25, 0.3) is 0 Å². The Labute approximate surface area is 155 Å². The predicted molar refractivity (Wildman–Crippen MR) is 103 cm³/mol. The van der Waals surface area contributed by atoms with Gasteiger partial charge in [-0.05, 0) is 43.7 Å². The van der Waals surface area contributed by atoms with E-state index in [9.17, 15) is 0 Å². The second-order valence-corrected chi connectivity index (χ2v) is 6.62. The number of ether oxygens (including phenoxy) is 4. The maximum absolute atomic E-state index is 6.03. The van der Waals surface area contributed by atoms with Gasteiger partial charge in [-0.3, -0.25) is 4.90 Å². The molecule has 5 heteroatoms. The highest BCUT2D eigenvalue weighted by Crippen LogP contribution is 2.44. The number of hydrogen-bond donors (Lipinski definition) is 0. The first-order valence-electron chi connectivity index (χ1n) is 8.88. The first kappa shape index (κ1) is 18.4. The smallest absolute Gasteiger partial charge is 0.165 e. The van der Waals surface area contributed by atoms with Gasteiger partial charge >= 0.3 is 0 Å². The van der Waals surface area contributed by atoms with E-state index in [0.717, 1.165) is 52.8 Å². The third kappa shape index (κ3) is 3.44. The van der Waals surface area contributed by atoms with Crippen molar-refractivity contribution < 1.29 is 18.9 Å². The Bertz CT molecular complexity index is 751. The maximum atomic E-state index is 6.03. The van der Waals surface area contributed by atoms with E-state index < -0.39 is 0 Å². The van der Waals surface area contributed by atoms with E-state index in [4.69, 9.17) is 18.9 Å². The Morgan fingerprint density at radius 3 is 2.19 bits per heavy atom. The Hall–Kier alpha value is -2.40. The fourth-order valence-corrected chi connectivity index (χ4v) is 3.38. The Balaban J connectivity index is 2.17. The Morgan fingerprint density at radius 2 is 1.62 bits per heavy atom. The largest absolute Gasteiger partial charge is 0.496 e. The standard InChI is InChI=1S/C21H27NO4/c1-14(2)22-9-10-26-21-16(13-22)11-15(12-19(21)25-5)20-17(23-3)7-6-8-18(20)24-4/h6-8,11-12,14H,9-10,13H2,1-5H3. The second-order valence-electron chi connectivity index (χ2n) is 6.62. The normalized spacial score (nSPS) is 14.4. The van der Waals surface area contributed by atoms with Crippen LogP contribution in [0.4, 0.5) is 0 Å². The quantitative estimate of drug-likeness (QED) is 0.809. The summed E-state index contributed by atoms with van der Waals surface area (Å²) in [6.07, 6.45) is 0. The highest BCUT2D eigenvalue weighted by molar-refractivity contribution is 5.79. The first-order chi connectivity index (χ1) is 12.6. The zero-order valence-electron chi connectivity index (χ0n) is 16.2. The third-order valence-electron chi connectivity index (χ3n) is 4.80. The van der Waals surface area contributed by atoms with Crippen molar-refractivity contribution in [2.24, 2.45) is 0 Å². The van der Waals surface area contributed by atoms with Gasteiger partial charge in [0.1, 0.15) is 18.1 Å². The average Bonchev–Trinajstić information content (AvgIpc) is 2.89. The molecule has 1 heterocycles. The molecular weight excluding hydrogens is 330 g/mol. The summed E-state index contributed by atoms with van der Waals surface area (Å²) in [5.41, 5.74) is 3.02. The molecule has 1 aliphatic heterocycles. The van der Waals surface area contributed by atoms with Crippen LogP contribution in [-0.4, -0.2) is 45.4 Å². The van der Waals surface area contributed by atoms with Crippen molar-refractivity contribution in [2.45, 2.75) is 26.4 Å². The number of hydrogen-bond acceptors (Lipinski definition) is 5. The summed E-state index contributed by atoms with van der Waals surface area (Å²) in [7, 11) is 5.01. The Kier molecular flexibility index (Phi) is 5.57. The van der Waals surface area contributed by atoms with Gasteiger partial charge in [-0.1, -0.05) is 6.07 Å². The van der Waals surface area contributed by atoms with Crippen molar-refractivity contribution in [3.63, 3.8) is 0 Å². The van der Waals surface area contributed by atoms with E-state index in [1.807, 2.05) is 24.3 Å². The van der Waals surface area contributed by atoms with Crippen LogP contribution in [0.2, 0.25) is 0 Å². The molecule has 1 aliphatic rings. The molecular formula is C21H27NO4. The van der Waals surface area contributed by atoms with Crippen molar-refractivity contribution in [3.05, 3.63) is 35.9 Å². The summed E-state index contributed by atoms with van der Waals surface area (Å²) in [6.45, 7) is 6.76. The minimum atomic E-state index is 0.444. The zero-order valence-corrected chi connectivity index (χ0v) is 16.2. The molecule has 0 radical (unpaired) electrons. The molecule has 2 aromatic rings. The van der Waals surface area contributed by atoms with E-state index in [1.165, 1.54) is 0 Å². The summed E-state index contributed by atoms with van der Waals surface area (Å²) < 4.78 is 22.8. The van der Waals surface area contributed by atoms with Crippen molar-refractivity contribution in [2.75, 3.05) is 34.5 Å². The van der Waals surface area contributed by atoms with E-state index in [0.29, 0.717) is 12.6 Å². The molecule has 0 saturated carbocycles. The molecule has 0 atom stereocenters. The van der Waals surface area contributed by atoms with Crippen LogP contribution < -0.4 is 18.9 Å². The van der Waals surface area contributed by atoms with Crippen molar-refractivity contribution in [3.8, 4) is 34.1 Å². The van der Waals surface area contributed by atoms with Crippen LogP contribution in [0.25, 0.3) is 11.1 Å². The van der Waals surface area contributed by atoms with Crippen molar-refractivity contribution in [1.82, 2.24) is 4.90 Å². The summed E-state index contributed by atoms with van der Waals surface area (Å²) in [6, 6.07) is 10.4. The molecule has 0 N–H and O–H groups in total. The highest BCUT2D eigenvalue weighted by Gasteiger charge is 2.23. The van der Waals surface area contributed by atoms with Crippen LogP contribution in [0.15, 0.2) is 30.3 Å². The summed E-state index contributed by atoms with van der Waals surface area (Å²) >= 11 is 0. The lowest BCUT2D eigenvalue weighted by Gasteiger charge is -2.24. The molecule has 2 aromatic carbocycles. The Morgan fingerprint density at radius 1 is 0.962 bits per heavy atom. The van der Waals surface area contributed by atoms with E-state index in [1.54, 1.807) is 21.3 Å². The lowest BCUT2D eigenvalue weighted by atomic mass is 9.99. The topological polar surface area (TPSA) is 40.2 Å². The monoisotopic (exact) mass is 357 g/mol. The molecule has 0 saturated heterocycles. The van der Waals surface area contributed by atoms with Crippen LogP contribution >= 0.6 is 0 Å². The summed E-state index contributed by atoms with van der Waals surface area (Å²) in [5, 5.41) is 0. The maximum Gasteiger partial charge on any atom is 0.165 e. The van der Waals surface area contributed by atoms with Crippen LogP contribution in [0.1, 0.15) is 19.4 Å². The van der Waals surface area contributed by atoms with E-state index in [2.05, 4.69) is 24.8 Å². The number of methoxy groups -OCH3 is 3. The molecule has 0 spiro atoms. The molecule has 5 nitrogen and oxygen atoms in total. The van der Waals surface area contributed by atoms with Gasteiger partial charge in [0.05, 0.1) is 26.9 Å². The molecule has 0 aliphatic carbocycles. The third-order valence-corrected chi connectivity index (χ3v) is 4.80. The number of benzene rings is 2. The minimum absolute atomic E-state index is 0.444. The van der Waals surface area contributed by atoms with Gasteiger partial charge in [-0.25, -0.2) is 0 Å². The van der Waals surface area contributed by atoms with Crippen LogP contribution in [0.3, 0.4) is 0 Å². The van der Waals surface area contributed by atoms with Crippen LogP contribution in [-0.2, 0) is 6.54 Å². The van der Waals surface area contributed by atoms with Gasteiger partial charge in [0.2, 0.25) is 0 Å². The fraction of sp³-hybridized carbons (Fsp3) is 0.429. The molecule has 3 rings (SSSR count). The van der Waals surface area contributed by atoms with Crippen molar-refractivity contribution >= 4 is 0 Å². The van der Waals surface area contributed by atoms with Gasteiger partial charge < -0.3 is 18.9 Å². The lowest BCUT2D eigenvalue weighted by molar-refractivity contribution is 0.187. The highest BCUT2D eigenvalue weighted by atomic mass is 16.5. The number of nitrogens with zero attached hydrogens (tertiary/aromatic N) is 1. The lowest BCUT2D eigenvalue weighted by Crippen LogP contribution is -2.32. The summed E-state index contributed by atoms with van der Waals surface area (Å²) in [4.78, 5) is 2.40. The van der Waals surface area contributed by atoms with Gasteiger partial charge in [-0.15, -0.1) is 0 Å². The van der Waals surface area contributed by atoms with E-state index >= 15 is 0 Å². The number of fused-ring (bicyclic) bond motifs is 1. The van der Waals surface area contributed by atoms with Crippen LogP contribution in [0.5, 0.6) is 23.0 Å². The average molecular weight is 357 g/mol. The van der Waals surface area contributed by atoms with Crippen molar-refractivity contribution in [1.29, 1.82) is 0 Å². The second kappa shape index (κ2) is 7.87. The fourth-order valence-electron chi connectivity index (χ4n) is 3.38. The molecule has 0 fully saturated rings. The molecule has 0 amide bonds. The first-order valence-corrected chi connectivity index (χ1v) is 8.88. The molecule has 0 bridgehead atoms. The van der Waals surface area contributed by atoms with Crippen LogP contribution in [0, 0.1) is 0 Å². The minimum Gasteiger partial charge on any atom is -0.496 e. The molecule has 26 heavy (non-hydrogen) atoms.